The van der Waals surface area contributed by atoms with Crippen molar-refractivity contribution < 1.29 is 14.6 Å². The molecule has 3 rings (SSSR count). The van der Waals surface area contributed by atoms with Crippen LogP contribution in [0, 0.1) is 0 Å². The van der Waals surface area contributed by atoms with Gasteiger partial charge in [0.1, 0.15) is 11.9 Å². The SMILES string of the molecule is COCCn1ccnc1C(O)CC(=O)N1CCC(N2CCN(C)CC2)CC1. The van der Waals surface area contributed by atoms with E-state index in [-0.39, 0.29) is 12.3 Å². The second kappa shape index (κ2) is 9.64. The van der Waals surface area contributed by atoms with E-state index in [1.54, 1.807) is 13.3 Å². The Hall–Kier alpha value is -1.48. The molecule has 1 aromatic heterocycles. The van der Waals surface area contributed by atoms with Gasteiger partial charge in [0, 0.05) is 71.4 Å². The van der Waals surface area contributed by atoms with Gasteiger partial charge in [-0.1, -0.05) is 0 Å². The Balaban J connectivity index is 1.46. The number of amides is 1. The van der Waals surface area contributed by atoms with Crippen molar-refractivity contribution >= 4 is 5.91 Å². The van der Waals surface area contributed by atoms with Gasteiger partial charge in [-0.15, -0.1) is 0 Å². The van der Waals surface area contributed by atoms with Crippen LogP contribution in [0.1, 0.15) is 31.2 Å². The zero-order chi connectivity index (χ0) is 19.2. The molecule has 2 fully saturated rings. The normalized spacial score (nSPS) is 21.5. The number of carbonyl (C=O) groups excluding carboxylic acids is 1. The van der Waals surface area contributed by atoms with Crippen molar-refractivity contribution in [3.05, 3.63) is 18.2 Å². The summed E-state index contributed by atoms with van der Waals surface area (Å²) in [5.41, 5.74) is 0. The molecule has 1 aromatic rings. The fourth-order valence-corrected chi connectivity index (χ4v) is 4.05. The number of piperidine rings is 1. The standard InChI is InChI=1S/C19H33N5O3/c1-21-9-11-22(12-10-21)16-3-6-23(7-4-16)18(26)15-17(25)19-20-5-8-24(19)13-14-27-2/h5,8,16-17,25H,3-4,6-7,9-15H2,1-2H3. The molecule has 27 heavy (non-hydrogen) atoms. The number of imidazole rings is 1. The number of piperazine rings is 1. The zero-order valence-electron chi connectivity index (χ0n) is 16.6. The second-order valence-electron chi connectivity index (χ2n) is 7.64. The van der Waals surface area contributed by atoms with E-state index in [2.05, 4.69) is 21.8 Å². The Morgan fingerprint density at radius 1 is 1.26 bits per heavy atom. The van der Waals surface area contributed by atoms with Crippen molar-refractivity contribution in [3.63, 3.8) is 0 Å². The van der Waals surface area contributed by atoms with E-state index in [1.807, 2.05) is 15.7 Å². The molecule has 8 heteroatoms. The smallest absolute Gasteiger partial charge is 0.225 e. The van der Waals surface area contributed by atoms with Gasteiger partial charge in [0.15, 0.2) is 0 Å². The van der Waals surface area contributed by atoms with Crippen LogP contribution in [0.2, 0.25) is 0 Å². The molecule has 0 saturated carbocycles. The first-order valence-corrected chi connectivity index (χ1v) is 9.97. The maximum atomic E-state index is 12.6. The minimum Gasteiger partial charge on any atom is -0.385 e. The molecule has 1 amide bonds. The van der Waals surface area contributed by atoms with E-state index in [0.29, 0.717) is 25.0 Å². The number of nitrogens with zero attached hydrogens (tertiary/aromatic N) is 5. The molecule has 0 radical (unpaired) electrons. The number of hydrogen-bond acceptors (Lipinski definition) is 6. The van der Waals surface area contributed by atoms with E-state index in [4.69, 9.17) is 4.74 Å². The maximum Gasteiger partial charge on any atom is 0.225 e. The molecule has 2 aliphatic rings. The van der Waals surface area contributed by atoms with Crippen LogP contribution in [0.5, 0.6) is 0 Å². The monoisotopic (exact) mass is 379 g/mol. The van der Waals surface area contributed by atoms with E-state index >= 15 is 0 Å². The highest BCUT2D eigenvalue weighted by atomic mass is 16.5. The quantitative estimate of drug-likeness (QED) is 0.729. The van der Waals surface area contributed by atoms with Gasteiger partial charge in [-0.3, -0.25) is 9.69 Å². The lowest BCUT2D eigenvalue weighted by molar-refractivity contribution is -0.135. The molecule has 1 atom stereocenters. The number of aliphatic hydroxyl groups excluding tert-OH is 1. The number of methoxy groups -OCH3 is 1. The molecule has 2 aliphatic heterocycles. The fourth-order valence-electron chi connectivity index (χ4n) is 4.05. The maximum absolute atomic E-state index is 12.6. The Morgan fingerprint density at radius 2 is 1.96 bits per heavy atom. The zero-order valence-corrected chi connectivity index (χ0v) is 16.6. The lowest BCUT2D eigenvalue weighted by atomic mass is 10.0. The molecule has 152 valence electrons. The van der Waals surface area contributed by atoms with Gasteiger partial charge in [0.05, 0.1) is 13.0 Å². The summed E-state index contributed by atoms with van der Waals surface area (Å²) < 4.78 is 6.93. The van der Waals surface area contributed by atoms with Gasteiger partial charge in [0.25, 0.3) is 0 Å². The predicted octanol–water partition coefficient (Wildman–Crippen LogP) is 0.191. The van der Waals surface area contributed by atoms with Crippen LogP contribution >= 0.6 is 0 Å². The summed E-state index contributed by atoms with van der Waals surface area (Å²) in [5, 5.41) is 10.5. The van der Waals surface area contributed by atoms with Gasteiger partial charge in [-0.05, 0) is 19.9 Å². The number of rotatable bonds is 7. The number of aliphatic hydroxyl groups is 1. The Morgan fingerprint density at radius 3 is 2.63 bits per heavy atom. The molecule has 1 N–H and O–H groups in total. The Bertz CT molecular complexity index is 592. The van der Waals surface area contributed by atoms with Crippen LogP contribution in [-0.2, 0) is 16.1 Å². The number of likely N-dealkylation sites (tertiary alicyclic amines) is 1. The third kappa shape index (κ3) is 5.28. The molecule has 0 aromatic carbocycles. The van der Waals surface area contributed by atoms with Crippen molar-refractivity contribution in [2.24, 2.45) is 0 Å². The lowest BCUT2D eigenvalue weighted by Gasteiger charge is -2.42. The number of aromatic nitrogens is 2. The second-order valence-corrected chi connectivity index (χ2v) is 7.64. The molecule has 0 spiro atoms. The first kappa shape index (κ1) is 20.3. The third-order valence-corrected chi connectivity index (χ3v) is 5.82. The molecule has 0 aliphatic carbocycles. The summed E-state index contributed by atoms with van der Waals surface area (Å²) in [7, 11) is 3.81. The van der Waals surface area contributed by atoms with E-state index < -0.39 is 6.10 Å². The van der Waals surface area contributed by atoms with Gasteiger partial charge in [-0.2, -0.15) is 0 Å². The number of likely N-dealkylation sites (N-methyl/N-ethyl adjacent to an activating group) is 1. The summed E-state index contributed by atoms with van der Waals surface area (Å²) in [5.74, 6) is 0.549. The van der Waals surface area contributed by atoms with Crippen LogP contribution in [0.4, 0.5) is 0 Å². The van der Waals surface area contributed by atoms with Crippen molar-refractivity contribution in [3.8, 4) is 0 Å². The predicted molar refractivity (Wildman–Crippen MR) is 102 cm³/mol. The van der Waals surface area contributed by atoms with E-state index in [1.165, 1.54) is 0 Å². The summed E-state index contributed by atoms with van der Waals surface area (Å²) in [6.45, 7) is 7.22. The molecule has 3 heterocycles. The summed E-state index contributed by atoms with van der Waals surface area (Å²) >= 11 is 0. The summed E-state index contributed by atoms with van der Waals surface area (Å²) in [6, 6.07) is 0.584. The lowest BCUT2D eigenvalue weighted by Crippen LogP contribution is -2.53. The molecule has 1 unspecified atom stereocenters. The van der Waals surface area contributed by atoms with Crippen molar-refractivity contribution in [1.29, 1.82) is 0 Å². The van der Waals surface area contributed by atoms with Crippen molar-refractivity contribution in [2.75, 3.05) is 60.0 Å². The Kier molecular flexibility index (Phi) is 7.23. The highest BCUT2D eigenvalue weighted by Crippen LogP contribution is 2.21. The first-order chi connectivity index (χ1) is 13.1. The molecule has 8 nitrogen and oxygen atoms in total. The Labute approximate surface area is 161 Å². The average Bonchev–Trinajstić information content (AvgIpc) is 3.16. The number of hydrogen-bond donors (Lipinski definition) is 1. The average molecular weight is 380 g/mol. The molecule has 2 saturated heterocycles. The summed E-state index contributed by atoms with van der Waals surface area (Å²) in [4.78, 5) is 23.7. The van der Waals surface area contributed by atoms with Gasteiger partial charge in [-0.25, -0.2) is 4.98 Å². The summed E-state index contributed by atoms with van der Waals surface area (Å²) in [6.07, 6.45) is 4.72. The van der Waals surface area contributed by atoms with E-state index in [9.17, 15) is 9.90 Å². The van der Waals surface area contributed by atoms with Crippen LogP contribution in [-0.4, -0.2) is 101 Å². The molecular formula is C19H33N5O3. The topological polar surface area (TPSA) is 74.1 Å². The number of ether oxygens (including phenoxy) is 1. The fraction of sp³-hybridized carbons (Fsp3) is 0.789. The van der Waals surface area contributed by atoms with Crippen LogP contribution in [0.25, 0.3) is 0 Å². The largest absolute Gasteiger partial charge is 0.385 e. The highest BCUT2D eigenvalue weighted by Gasteiger charge is 2.29. The minimum absolute atomic E-state index is 0.0145. The third-order valence-electron chi connectivity index (χ3n) is 5.82. The van der Waals surface area contributed by atoms with Gasteiger partial charge >= 0.3 is 0 Å². The molecule has 0 bridgehead atoms. The number of carbonyl (C=O) groups is 1. The van der Waals surface area contributed by atoms with Crippen LogP contribution in [0.15, 0.2) is 12.4 Å². The minimum atomic E-state index is -0.875. The molecular weight excluding hydrogens is 346 g/mol. The van der Waals surface area contributed by atoms with Crippen molar-refractivity contribution in [1.82, 2.24) is 24.3 Å². The van der Waals surface area contributed by atoms with Gasteiger partial charge < -0.3 is 24.2 Å². The van der Waals surface area contributed by atoms with Crippen molar-refractivity contribution in [2.45, 2.75) is 38.0 Å². The van der Waals surface area contributed by atoms with Crippen LogP contribution in [0.3, 0.4) is 0 Å². The van der Waals surface area contributed by atoms with Gasteiger partial charge in [0.2, 0.25) is 5.91 Å². The first-order valence-electron chi connectivity index (χ1n) is 9.97. The van der Waals surface area contributed by atoms with E-state index in [0.717, 1.165) is 52.1 Å². The highest BCUT2D eigenvalue weighted by molar-refractivity contribution is 5.76. The van der Waals surface area contributed by atoms with Crippen LogP contribution < -0.4 is 0 Å².